The SMILES string of the molecule is c1ccc(-c2ccc(-c3cccc4c3oc3c5ccccc5cc(-c5nc(-c6ccccc6)nc(-c6ccccc6-c6cccc7c6sc6ccccc67)n5)c43)cc2)cc1. The van der Waals surface area contributed by atoms with Crippen molar-refractivity contribution >= 4 is 64.2 Å². The summed E-state index contributed by atoms with van der Waals surface area (Å²) >= 11 is 1.83. The Morgan fingerprint density at radius 1 is 0.333 bits per heavy atom. The molecule has 0 aliphatic heterocycles. The molecule has 12 rings (SSSR count). The van der Waals surface area contributed by atoms with Crippen LogP contribution in [0.1, 0.15) is 0 Å². The first-order chi connectivity index (χ1) is 29.7. The summed E-state index contributed by atoms with van der Waals surface area (Å²) in [5.41, 5.74) is 11.1. The van der Waals surface area contributed by atoms with Gasteiger partial charge in [-0.15, -0.1) is 11.3 Å². The maximum atomic E-state index is 7.03. The largest absolute Gasteiger partial charge is 0.455 e. The predicted molar refractivity (Wildman–Crippen MR) is 250 cm³/mol. The van der Waals surface area contributed by atoms with Crippen molar-refractivity contribution in [3.05, 3.63) is 200 Å². The standard InChI is InChI=1S/C55H33N3OS/c1-3-15-34(16-4-1)35-29-31-36(32-30-35)39-24-13-27-46-49-47(33-38-19-7-8-20-40(38)51(49)59-50(39)46)55-57-53(37-17-5-2-6-18-37)56-54(58-55)45-23-10-9-21-41(45)43-25-14-26-44-42-22-11-12-28-48(42)60-52(43)44/h1-33H. The van der Waals surface area contributed by atoms with Crippen molar-refractivity contribution in [3.8, 4) is 67.5 Å². The maximum absolute atomic E-state index is 7.03. The van der Waals surface area contributed by atoms with Gasteiger partial charge in [-0.3, -0.25) is 0 Å². The van der Waals surface area contributed by atoms with Gasteiger partial charge in [-0.1, -0.05) is 188 Å². The van der Waals surface area contributed by atoms with Gasteiger partial charge in [-0.2, -0.15) is 0 Å². The molecule has 0 atom stereocenters. The summed E-state index contributed by atoms with van der Waals surface area (Å²) < 4.78 is 9.55. The molecule has 0 saturated carbocycles. The highest BCUT2D eigenvalue weighted by molar-refractivity contribution is 7.26. The molecule has 0 aliphatic rings. The Labute approximate surface area is 349 Å². The fraction of sp³-hybridized carbons (Fsp3) is 0. The minimum absolute atomic E-state index is 0.588. The summed E-state index contributed by atoms with van der Waals surface area (Å²) in [6, 6.07) is 70.2. The molecule has 5 heteroatoms. The van der Waals surface area contributed by atoms with E-state index in [1.165, 1.54) is 31.3 Å². The number of nitrogens with zero attached hydrogens (tertiary/aromatic N) is 3. The van der Waals surface area contributed by atoms with Crippen molar-refractivity contribution in [2.45, 2.75) is 0 Å². The summed E-state index contributed by atoms with van der Waals surface area (Å²) in [6.45, 7) is 0. The highest BCUT2D eigenvalue weighted by Gasteiger charge is 2.23. The predicted octanol–water partition coefficient (Wildman–Crippen LogP) is 15.3. The molecule has 0 unspecified atom stereocenters. The quantitative estimate of drug-likeness (QED) is 0.169. The topological polar surface area (TPSA) is 51.8 Å². The van der Waals surface area contributed by atoms with Crippen molar-refractivity contribution < 1.29 is 4.42 Å². The van der Waals surface area contributed by atoms with E-state index in [2.05, 4.69) is 176 Å². The third-order valence-electron chi connectivity index (χ3n) is 11.6. The highest BCUT2D eigenvalue weighted by atomic mass is 32.1. The van der Waals surface area contributed by atoms with Crippen molar-refractivity contribution in [2.24, 2.45) is 0 Å². The van der Waals surface area contributed by atoms with E-state index in [-0.39, 0.29) is 0 Å². The van der Waals surface area contributed by atoms with Crippen LogP contribution in [0, 0.1) is 0 Å². The van der Waals surface area contributed by atoms with Crippen LogP contribution >= 0.6 is 11.3 Å². The number of para-hydroxylation sites is 1. The second-order valence-electron chi connectivity index (χ2n) is 15.1. The van der Waals surface area contributed by atoms with Crippen LogP contribution in [0.5, 0.6) is 0 Å². The lowest BCUT2D eigenvalue weighted by Crippen LogP contribution is -2.01. The minimum Gasteiger partial charge on any atom is -0.455 e. The third-order valence-corrected chi connectivity index (χ3v) is 12.8. The van der Waals surface area contributed by atoms with Gasteiger partial charge in [0.2, 0.25) is 0 Å². The zero-order valence-corrected chi connectivity index (χ0v) is 33.0. The Bertz CT molecular complexity index is 3590. The minimum atomic E-state index is 0.588. The molecule has 0 spiro atoms. The van der Waals surface area contributed by atoms with Crippen molar-refractivity contribution in [3.63, 3.8) is 0 Å². The number of fused-ring (bicyclic) bond motifs is 8. The van der Waals surface area contributed by atoms with Gasteiger partial charge >= 0.3 is 0 Å². The molecule has 9 aromatic carbocycles. The van der Waals surface area contributed by atoms with Crippen LogP contribution in [0.3, 0.4) is 0 Å². The average Bonchev–Trinajstić information content (AvgIpc) is 3.92. The van der Waals surface area contributed by atoms with Crippen LogP contribution < -0.4 is 0 Å². The molecule has 0 aliphatic carbocycles. The van der Waals surface area contributed by atoms with E-state index in [1.807, 2.05) is 35.6 Å². The normalized spacial score (nSPS) is 11.7. The molecule has 0 fully saturated rings. The van der Waals surface area contributed by atoms with Crippen molar-refractivity contribution in [1.82, 2.24) is 15.0 Å². The van der Waals surface area contributed by atoms with Gasteiger partial charge in [0, 0.05) is 64.1 Å². The van der Waals surface area contributed by atoms with E-state index < -0.39 is 0 Å². The summed E-state index contributed by atoms with van der Waals surface area (Å²) in [6.07, 6.45) is 0. The molecule has 0 amide bonds. The van der Waals surface area contributed by atoms with Crippen LogP contribution in [0.15, 0.2) is 205 Å². The Balaban J connectivity index is 1.09. The lowest BCUT2D eigenvalue weighted by Gasteiger charge is -2.13. The molecule has 280 valence electrons. The van der Waals surface area contributed by atoms with E-state index >= 15 is 0 Å². The van der Waals surface area contributed by atoms with Crippen LogP contribution in [-0.4, -0.2) is 15.0 Å². The lowest BCUT2D eigenvalue weighted by molar-refractivity contribution is 0.674. The molecule has 3 heterocycles. The Morgan fingerprint density at radius 3 is 1.68 bits per heavy atom. The second-order valence-corrected chi connectivity index (χ2v) is 16.1. The molecular weight excluding hydrogens is 751 g/mol. The van der Waals surface area contributed by atoms with Crippen LogP contribution in [0.2, 0.25) is 0 Å². The van der Waals surface area contributed by atoms with E-state index in [1.54, 1.807) is 0 Å². The van der Waals surface area contributed by atoms with Crippen molar-refractivity contribution in [1.29, 1.82) is 0 Å². The van der Waals surface area contributed by atoms with Gasteiger partial charge in [-0.25, -0.2) is 15.0 Å². The molecule has 0 saturated heterocycles. The first-order valence-corrected chi connectivity index (χ1v) is 20.9. The maximum Gasteiger partial charge on any atom is 0.164 e. The van der Waals surface area contributed by atoms with Crippen molar-refractivity contribution in [2.75, 3.05) is 0 Å². The van der Waals surface area contributed by atoms with Gasteiger partial charge < -0.3 is 4.42 Å². The van der Waals surface area contributed by atoms with Crippen LogP contribution in [0.4, 0.5) is 0 Å². The lowest BCUT2D eigenvalue weighted by atomic mass is 9.96. The van der Waals surface area contributed by atoms with E-state index in [9.17, 15) is 0 Å². The second kappa shape index (κ2) is 14.0. The molecule has 3 aromatic heterocycles. The number of rotatable bonds is 6. The molecule has 12 aromatic rings. The molecule has 0 N–H and O–H groups in total. The van der Waals surface area contributed by atoms with E-state index in [0.29, 0.717) is 17.5 Å². The van der Waals surface area contributed by atoms with Gasteiger partial charge in [0.05, 0.1) is 0 Å². The number of aromatic nitrogens is 3. The first-order valence-electron chi connectivity index (χ1n) is 20.1. The smallest absolute Gasteiger partial charge is 0.164 e. The number of thiophene rings is 1. The first kappa shape index (κ1) is 34.3. The summed E-state index contributed by atoms with van der Waals surface area (Å²) in [5, 5.41) is 6.60. The Hall–Kier alpha value is -7.73. The average molecular weight is 784 g/mol. The van der Waals surface area contributed by atoms with E-state index in [0.717, 1.165) is 71.7 Å². The van der Waals surface area contributed by atoms with Crippen LogP contribution in [-0.2, 0) is 0 Å². The number of furan rings is 1. The summed E-state index contributed by atoms with van der Waals surface area (Å²) in [7, 11) is 0. The number of hydrogen-bond acceptors (Lipinski definition) is 5. The Kier molecular flexibility index (Phi) is 8.00. The zero-order chi connectivity index (χ0) is 39.6. The molecule has 4 nitrogen and oxygen atoms in total. The molecule has 0 radical (unpaired) electrons. The molecule has 0 bridgehead atoms. The fourth-order valence-electron chi connectivity index (χ4n) is 8.72. The monoisotopic (exact) mass is 783 g/mol. The van der Waals surface area contributed by atoms with Gasteiger partial charge in [-0.05, 0) is 39.8 Å². The molecule has 60 heavy (non-hydrogen) atoms. The number of benzene rings is 9. The third kappa shape index (κ3) is 5.63. The number of hydrogen-bond donors (Lipinski definition) is 0. The van der Waals surface area contributed by atoms with Gasteiger partial charge in [0.25, 0.3) is 0 Å². The zero-order valence-electron chi connectivity index (χ0n) is 32.2. The van der Waals surface area contributed by atoms with E-state index in [4.69, 9.17) is 19.4 Å². The highest BCUT2D eigenvalue weighted by Crippen LogP contribution is 2.45. The van der Waals surface area contributed by atoms with Crippen LogP contribution in [0.25, 0.3) is 120 Å². The summed E-state index contributed by atoms with van der Waals surface area (Å²) in [5.74, 6) is 1.81. The fourth-order valence-corrected chi connectivity index (χ4v) is 9.95. The van der Waals surface area contributed by atoms with Gasteiger partial charge in [0.15, 0.2) is 17.5 Å². The van der Waals surface area contributed by atoms with Gasteiger partial charge in [0.1, 0.15) is 11.2 Å². The Morgan fingerprint density at radius 2 is 0.883 bits per heavy atom. The molecular formula is C55H33N3OS. The summed E-state index contributed by atoms with van der Waals surface area (Å²) in [4.78, 5) is 15.9.